The third-order valence-electron chi connectivity index (χ3n) is 2.25. The summed E-state index contributed by atoms with van der Waals surface area (Å²) in [5, 5.41) is 0. The van der Waals surface area contributed by atoms with Crippen LogP contribution in [0.5, 0.6) is 0 Å². The van der Waals surface area contributed by atoms with Gasteiger partial charge in [-0.1, -0.05) is 12.8 Å². The summed E-state index contributed by atoms with van der Waals surface area (Å²) in [7, 11) is 0. The third kappa shape index (κ3) is 16.8. The molecule has 0 aliphatic carbocycles. The van der Waals surface area contributed by atoms with Crippen molar-refractivity contribution in [2.45, 2.75) is 19.8 Å². The van der Waals surface area contributed by atoms with Gasteiger partial charge in [0.2, 0.25) is 0 Å². The molecular weight excluding hydrogens is 276 g/mol. The fraction of sp³-hybridized carbons (Fsp3) is 0.800. The van der Waals surface area contributed by atoms with E-state index in [1.807, 2.05) is 6.92 Å². The van der Waals surface area contributed by atoms with Gasteiger partial charge in [-0.3, -0.25) is 4.79 Å². The molecular formula is C15H26O6. The largest absolute Gasteiger partial charge is 0.463 e. The molecule has 0 radical (unpaired) electrons. The standard InChI is InChI=1S/C15H26O6/c1-3-5-15(16)21-14-13-20-12-11-19-10-9-18-8-7-17-6-4-2/h2H,3,5-14H2,1H3. The van der Waals surface area contributed by atoms with E-state index in [1.165, 1.54) is 0 Å². The van der Waals surface area contributed by atoms with Gasteiger partial charge >= 0.3 is 5.97 Å². The summed E-state index contributed by atoms with van der Waals surface area (Å²) in [6, 6.07) is 0. The van der Waals surface area contributed by atoms with Crippen molar-refractivity contribution in [1.29, 1.82) is 0 Å². The zero-order valence-electron chi connectivity index (χ0n) is 12.8. The summed E-state index contributed by atoms with van der Waals surface area (Å²) in [4.78, 5) is 11.0. The predicted molar refractivity (Wildman–Crippen MR) is 78.0 cm³/mol. The first kappa shape index (κ1) is 19.9. The van der Waals surface area contributed by atoms with Crippen LogP contribution in [-0.4, -0.2) is 65.4 Å². The lowest BCUT2D eigenvalue weighted by molar-refractivity contribution is -0.145. The van der Waals surface area contributed by atoms with Crippen LogP contribution in [0.3, 0.4) is 0 Å². The highest BCUT2D eigenvalue weighted by atomic mass is 16.6. The van der Waals surface area contributed by atoms with Crippen molar-refractivity contribution >= 4 is 5.97 Å². The molecule has 0 bridgehead atoms. The fourth-order valence-electron chi connectivity index (χ4n) is 1.28. The van der Waals surface area contributed by atoms with Crippen molar-refractivity contribution in [3.05, 3.63) is 0 Å². The smallest absolute Gasteiger partial charge is 0.305 e. The van der Waals surface area contributed by atoms with E-state index in [0.29, 0.717) is 65.9 Å². The van der Waals surface area contributed by atoms with Gasteiger partial charge < -0.3 is 23.7 Å². The van der Waals surface area contributed by atoms with Gasteiger partial charge in [-0.2, -0.15) is 0 Å². The Hall–Kier alpha value is -1.13. The maximum Gasteiger partial charge on any atom is 0.305 e. The van der Waals surface area contributed by atoms with Gasteiger partial charge in [-0.25, -0.2) is 0 Å². The maximum atomic E-state index is 11.0. The van der Waals surface area contributed by atoms with Crippen molar-refractivity contribution in [2.24, 2.45) is 0 Å². The van der Waals surface area contributed by atoms with Crippen LogP contribution >= 0.6 is 0 Å². The van der Waals surface area contributed by atoms with Crippen LogP contribution in [0, 0.1) is 12.3 Å². The number of terminal acetylenes is 1. The number of hydrogen-bond donors (Lipinski definition) is 0. The number of carbonyl (C=O) groups excluding carboxylic acids is 1. The molecule has 21 heavy (non-hydrogen) atoms. The van der Waals surface area contributed by atoms with Gasteiger partial charge in [0.1, 0.15) is 13.2 Å². The molecule has 0 aliphatic heterocycles. The molecule has 0 fully saturated rings. The first-order valence-electron chi connectivity index (χ1n) is 7.21. The van der Waals surface area contributed by atoms with E-state index in [9.17, 15) is 4.79 Å². The fourth-order valence-corrected chi connectivity index (χ4v) is 1.28. The Kier molecular flexibility index (Phi) is 16.0. The lowest BCUT2D eigenvalue weighted by Gasteiger charge is -2.07. The Morgan fingerprint density at radius 3 is 1.81 bits per heavy atom. The molecule has 0 saturated heterocycles. The van der Waals surface area contributed by atoms with Crippen molar-refractivity contribution < 1.29 is 28.5 Å². The van der Waals surface area contributed by atoms with Gasteiger partial charge in [0.25, 0.3) is 0 Å². The van der Waals surface area contributed by atoms with Crippen LogP contribution < -0.4 is 0 Å². The highest BCUT2D eigenvalue weighted by molar-refractivity contribution is 5.69. The molecule has 0 aliphatic rings. The molecule has 0 N–H and O–H groups in total. The van der Waals surface area contributed by atoms with Crippen LogP contribution in [0.15, 0.2) is 0 Å². The van der Waals surface area contributed by atoms with Crippen molar-refractivity contribution in [2.75, 3.05) is 59.5 Å². The molecule has 0 aromatic rings. The summed E-state index contributed by atoms with van der Waals surface area (Å²) >= 11 is 0. The topological polar surface area (TPSA) is 63.2 Å². The van der Waals surface area contributed by atoms with Gasteiger partial charge in [0, 0.05) is 6.42 Å². The predicted octanol–water partition coefficient (Wildman–Crippen LogP) is 1.03. The van der Waals surface area contributed by atoms with Crippen LogP contribution in [0.4, 0.5) is 0 Å². The van der Waals surface area contributed by atoms with E-state index < -0.39 is 0 Å². The highest BCUT2D eigenvalue weighted by Gasteiger charge is 1.99. The normalized spacial score (nSPS) is 10.3. The molecule has 0 aromatic heterocycles. The lowest BCUT2D eigenvalue weighted by atomic mass is 10.3. The Morgan fingerprint density at radius 1 is 0.857 bits per heavy atom. The van der Waals surface area contributed by atoms with Crippen molar-refractivity contribution in [1.82, 2.24) is 0 Å². The first-order chi connectivity index (χ1) is 10.3. The first-order valence-corrected chi connectivity index (χ1v) is 7.21. The Morgan fingerprint density at radius 2 is 1.33 bits per heavy atom. The van der Waals surface area contributed by atoms with Crippen molar-refractivity contribution in [3.63, 3.8) is 0 Å². The molecule has 122 valence electrons. The van der Waals surface area contributed by atoms with E-state index in [2.05, 4.69) is 5.92 Å². The maximum absolute atomic E-state index is 11.0. The molecule has 0 amide bonds. The number of rotatable bonds is 15. The summed E-state index contributed by atoms with van der Waals surface area (Å²) in [5.41, 5.74) is 0. The molecule has 0 atom stereocenters. The average Bonchev–Trinajstić information content (AvgIpc) is 2.48. The van der Waals surface area contributed by atoms with Crippen LogP contribution in [0.1, 0.15) is 19.8 Å². The van der Waals surface area contributed by atoms with E-state index in [-0.39, 0.29) is 5.97 Å². The molecule has 0 rings (SSSR count). The Bertz CT molecular complexity index is 274. The van der Waals surface area contributed by atoms with Crippen LogP contribution in [0.2, 0.25) is 0 Å². The van der Waals surface area contributed by atoms with E-state index in [0.717, 1.165) is 6.42 Å². The summed E-state index contributed by atoms with van der Waals surface area (Å²) < 4.78 is 25.8. The molecule has 0 unspecified atom stereocenters. The summed E-state index contributed by atoms with van der Waals surface area (Å²) in [5.74, 6) is 2.20. The number of esters is 1. The van der Waals surface area contributed by atoms with Gasteiger partial charge in [0.15, 0.2) is 0 Å². The van der Waals surface area contributed by atoms with Gasteiger partial charge in [-0.05, 0) is 6.42 Å². The Labute approximate surface area is 127 Å². The zero-order chi connectivity index (χ0) is 15.6. The lowest BCUT2D eigenvalue weighted by Crippen LogP contribution is -2.14. The van der Waals surface area contributed by atoms with Crippen LogP contribution in [-0.2, 0) is 28.5 Å². The van der Waals surface area contributed by atoms with Crippen LogP contribution in [0.25, 0.3) is 0 Å². The van der Waals surface area contributed by atoms with E-state index in [1.54, 1.807) is 0 Å². The van der Waals surface area contributed by atoms with Gasteiger partial charge in [-0.15, -0.1) is 6.42 Å². The molecule has 0 aromatic carbocycles. The summed E-state index contributed by atoms with van der Waals surface area (Å²) in [6.45, 7) is 5.89. The summed E-state index contributed by atoms with van der Waals surface area (Å²) in [6.07, 6.45) is 6.28. The number of carbonyl (C=O) groups is 1. The minimum atomic E-state index is -0.180. The zero-order valence-corrected chi connectivity index (χ0v) is 12.8. The van der Waals surface area contributed by atoms with E-state index >= 15 is 0 Å². The number of ether oxygens (including phenoxy) is 5. The Balaban J connectivity index is 3.03. The highest BCUT2D eigenvalue weighted by Crippen LogP contribution is 1.91. The molecule has 0 saturated carbocycles. The SMILES string of the molecule is C#CCOCCOCCOCCOCCOC(=O)CCC. The average molecular weight is 302 g/mol. The molecule has 6 nitrogen and oxygen atoms in total. The molecule has 6 heteroatoms. The monoisotopic (exact) mass is 302 g/mol. The van der Waals surface area contributed by atoms with Gasteiger partial charge in [0.05, 0.1) is 46.2 Å². The molecule has 0 spiro atoms. The minimum absolute atomic E-state index is 0.180. The van der Waals surface area contributed by atoms with E-state index in [4.69, 9.17) is 30.1 Å². The minimum Gasteiger partial charge on any atom is -0.463 e. The second-order valence-electron chi connectivity index (χ2n) is 4.06. The quantitative estimate of drug-likeness (QED) is 0.256. The number of hydrogen-bond acceptors (Lipinski definition) is 6. The third-order valence-corrected chi connectivity index (χ3v) is 2.25. The second kappa shape index (κ2) is 16.9. The van der Waals surface area contributed by atoms with Crippen molar-refractivity contribution in [3.8, 4) is 12.3 Å². The second-order valence-corrected chi connectivity index (χ2v) is 4.06. The molecule has 0 heterocycles.